The van der Waals surface area contributed by atoms with E-state index in [0.29, 0.717) is 25.9 Å². The number of alkyl halides is 2. The van der Waals surface area contributed by atoms with E-state index >= 15 is 4.39 Å². The van der Waals surface area contributed by atoms with E-state index in [1.807, 2.05) is 0 Å². The van der Waals surface area contributed by atoms with Crippen LogP contribution < -0.4 is 20.4 Å². The highest BCUT2D eigenvalue weighted by atomic mass is 19.3. The van der Waals surface area contributed by atoms with Crippen LogP contribution in [-0.4, -0.2) is 65.8 Å². The smallest absolute Gasteiger partial charge is 0.407 e. The van der Waals surface area contributed by atoms with Crippen molar-refractivity contribution < 1.29 is 42.1 Å². The lowest BCUT2D eigenvalue weighted by atomic mass is 9.91. The van der Waals surface area contributed by atoms with Gasteiger partial charge >= 0.3 is 18.7 Å². The van der Waals surface area contributed by atoms with E-state index in [-0.39, 0.29) is 48.2 Å². The molecule has 1 aromatic heterocycles. The Hall–Kier alpha value is -3.48. The lowest BCUT2D eigenvalue weighted by Crippen LogP contribution is -2.49. The van der Waals surface area contributed by atoms with E-state index in [1.165, 1.54) is 9.47 Å². The molecule has 1 saturated carbocycles. The Bertz CT molecular complexity index is 1390. The van der Waals surface area contributed by atoms with Gasteiger partial charge in [0, 0.05) is 37.9 Å². The van der Waals surface area contributed by atoms with Gasteiger partial charge in [-0.3, -0.25) is 4.79 Å². The third kappa shape index (κ3) is 5.11. The summed E-state index contributed by atoms with van der Waals surface area (Å²) >= 11 is 0. The quantitative estimate of drug-likeness (QED) is 0.530. The summed E-state index contributed by atoms with van der Waals surface area (Å²) in [6.45, 7) is 2.58. The number of carboxylic acids is 1. The molecule has 3 fully saturated rings. The monoisotopic (exact) mass is 553 g/mol. The molecule has 2 unspecified atom stereocenters. The molecule has 1 amide bonds. The number of carbonyl (C=O) groups excluding carboxylic acids is 1. The number of nitrogens with one attached hydrogen (secondary N) is 1. The van der Waals surface area contributed by atoms with Crippen LogP contribution in [0.5, 0.6) is 5.75 Å². The summed E-state index contributed by atoms with van der Waals surface area (Å²) in [5.74, 6) is -3.20. The van der Waals surface area contributed by atoms with E-state index in [9.17, 15) is 28.3 Å². The number of anilines is 1. The normalized spacial score (nSPS) is 22.8. The highest BCUT2D eigenvalue weighted by Gasteiger charge is 2.52. The van der Waals surface area contributed by atoms with Crippen molar-refractivity contribution in [2.75, 3.05) is 31.1 Å². The second-order valence-corrected chi connectivity index (χ2v) is 11.3. The molecule has 2 atom stereocenters. The first-order chi connectivity index (χ1) is 18.3. The van der Waals surface area contributed by atoms with Crippen molar-refractivity contribution in [1.82, 2.24) is 9.88 Å². The first-order valence-corrected chi connectivity index (χ1v) is 12.7. The molecule has 10 nitrogen and oxygen atoms in total. The van der Waals surface area contributed by atoms with Crippen molar-refractivity contribution in [3.8, 4) is 5.75 Å². The number of hydrogen-bond acceptors (Lipinski definition) is 7. The van der Waals surface area contributed by atoms with E-state index in [2.05, 4.69) is 5.32 Å². The van der Waals surface area contributed by atoms with Gasteiger partial charge in [-0.2, -0.15) is 8.78 Å². The molecule has 1 aromatic carbocycles. The molecular formula is C26H30F3N3O7. The predicted octanol–water partition coefficient (Wildman–Crippen LogP) is 3.90. The van der Waals surface area contributed by atoms with Gasteiger partial charge in [0.05, 0.1) is 17.4 Å². The number of hydrogen-bond donors (Lipinski definition) is 2. The molecule has 3 aliphatic rings. The first kappa shape index (κ1) is 27.1. The predicted molar refractivity (Wildman–Crippen MR) is 133 cm³/mol. The minimum absolute atomic E-state index is 0.0519. The van der Waals surface area contributed by atoms with Gasteiger partial charge in [-0.1, -0.05) is 0 Å². The van der Waals surface area contributed by atoms with Crippen LogP contribution in [0.1, 0.15) is 56.4 Å². The van der Waals surface area contributed by atoms with Crippen molar-refractivity contribution in [3.05, 3.63) is 33.9 Å². The van der Waals surface area contributed by atoms with Crippen molar-refractivity contribution >= 4 is 28.7 Å². The molecule has 0 spiro atoms. The minimum Gasteiger partial charge on any atom is -0.477 e. The van der Waals surface area contributed by atoms with E-state index in [0.717, 1.165) is 12.3 Å². The van der Waals surface area contributed by atoms with Crippen LogP contribution in [0.3, 0.4) is 0 Å². The number of nitrogens with zero attached hydrogens (tertiary/aromatic N) is 2. The number of amides is 1. The number of alkyl carbamates (subject to hydrolysis) is 1. The number of halogens is 3. The average Bonchev–Trinajstić information content (AvgIpc) is 3.49. The van der Waals surface area contributed by atoms with E-state index < -0.39 is 52.4 Å². The standard InChI is InChI=1S/C26H30F3N3O7/c1-25(2,3)39-24(36)30-11-26-12-31(9-13(26)6-7-37-26)19-17(27)8-15-18(21(19)38-23(28)29)32(14-4-5-14)10-16(20(15)33)22(34)35/h8,10,13-14,23H,4-7,9,11-12H2,1-3H3,(H,30,36)(H,34,35). The first-order valence-electron chi connectivity index (χ1n) is 12.7. The van der Waals surface area contributed by atoms with Gasteiger partial charge in [0.1, 0.15) is 22.5 Å². The van der Waals surface area contributed by atoms with Crippen LogP contribution in [0, 0.1) is 11.7 Å². The van der Waals surface area contributed by atoms with Gasteiger partial charge in [0.25, 0.3) is 0 Å². The lowest BCUT2D eigenvalue weighted by molar-refractivity contribution is -0.0488. The Balaban J connectivity index is 1.58. The zero-order valence-corrected chi connectivity index (χ0v) is 21.8. The summed E-state index contributed by atoms with van der Waals surface area (Å²) in [6, 6.07) is 0.646. The van der Waals surface area contributed by atoms with Crippen molar-refractivity contribution in [3.63, 3.8) is 0 Å². The number of carboxylic acid groups (broad SMARTS) is 1. The van der Waals surface area contributed by atoms with Gasteiger partial charge in [-0.25, -0.2) is 14.0 Å². The Kier molecular flexibility index (Phi) is 6.68. The van der Waals surface area contributed by atoms with Crippen molar-refractivity contribution in [1.29, 1.82) is 0 Å². The molecule has 5 rings (SSSR count). The summed E-state index contributed by atoms with van der Waals surface area (Å²) in [6.07, 6.45) is 2.33. The summed E-state index contributed by atoms with van der Waals surface area (Å²) in [4.78, 5) is 38.5. The number of fused-ring (bicyclic) bond motifs is 2. The maximum absolute atomic E-state index is 15.8. The van der Waals surface area contributed by atoms with Gasteiger partial charge < -0.3 is 34.1 Å². The molecule has 2 saturated heterocycles. The molecule has 1 aliphatic carbocycles. The van der Waals surface area contributed by atoms with Gasteiger partial charge in [-0.05, 0) is 46.1 Å². The average molecular weight is 554 g/mol. The zero-order chi connectivity index (χ0) is 28.3. The summed E-state index contributed by atoms with van der Waals surface area (Å²) in [5, 5.41) is 11.9. The number of aromatic carboxylic acids is 1. The van der Waals surface area contributed by atoms with E-state index in [4.69, 9.17) is 14.2 Å². The molecule has 2 aliphatic heterocycles. The van der Waals surface area contributed by atoms with Crippen LogP contribution in [0.15, 0.2) is 17.1 Å². The maximum atomic E-state index is 15.8. The van der Waals surface area contributed by atoms with Crippen LogP contribution in [0.25, 0.3) is 10.9 Å². The van der Waals surface area contributed by atoms with Gasteiger partial charge in [0.2, 0.25) is 5.43 Å². The molecule has 39 heavy (non-hydrogen) atoms. The Labute approximate surface area is 221 Å². The molecule has 212 valence electrons. The summed E-state index contributed by atoms with van der Waals surface area (Å²) in [7, 11) is 0. The highest BCUT2D eigenvalue weighted by Crippen LogP contribution is 2.48. The van der Waals surface area contributed by atoms with Crippen LogP contribution in [-0.2, 0) is 9.47 Å². The third-order valence-corrected chi connectivity index (χ3v) is 7.32. The third-order valence-electron chi connectivity index (χ3n) is 7.32. The number of aromatic nitrogens is 1. The van der Waals surface area contributed by atoms with E-state index in [1.54, 1.807) is 20.8 Å². The molecule has 0 radical (unpaired) electrons. The fraction of sp³-hybridized carbons (Fsp3) is 0.577. The van der Waals surface area contributed by atoms with Gasteiger partial charge in [-0.15, -0.1) is 0 Å². The Morgan fingerprint density at radius 1 is 1.28 bits per heavy atom. The minimum atomic E-state index is -3.34. The fourth-order valence-electron chi connectivity index (χ4n) is 5.56. The number of carbonyl (C=O) groups is 2. The van der Waals surface area contributed by atoms with Crippen LogP contribution in [0.2, 0.25) is 0 Å². The van der Waals surface area contributed by atoms with Crippen molar-refractivity contribution in [2.24, 2.45) is 5.92 Å². The SMILES string of the molecule is CC(C)(C)OC(=O)NCC12CN(c3c(F)cc4c(=O)c(C(=O)O)cn(C5CC5)c4c3OC(F)F)CC1CCO2. The molecule has 3 heterocycles. The molecular weight excluding hydrogens is 523 g/mol. The second kappa shape index (κ2) is 9.61. The number of pyridine rings is 1. The van der Waals surface area contributed by atoms with Gasteiger partial charge in [0.15, 0.2) is 11.6 Å². The topological polar surface area (TPSA) is 119 Å². The number of rotatable bonds is 7. The largest absolute Gasteiger partial charge is 0.477 e. The van der Waals surface area contributed by atoms with Crippen LogP contribution >= 0.6 is 0 Å². The van der Waals surface area contributed by atoms with Crippen molar-refractivity contribution in [2.45, 2.75) is 63.9 Å². The summed E-state index contributed by atoms with van der Waals surface area (Å²) < 4.78 is 60.8. The Morgan fingerprint density at radius 2 is 2.00 bits per heavy atom. The molecule has 2 aromatic rings. The van der Waals surface area contributed by atoms with Crippen LogP contribution in [0.4, 0.5) is 23.7 Å². The number of benzene rings is 1. The molecule has 2 N–H and O–H groups in total. The Morgan fingerprint density at radius 3 is 2.62 bits per heavy atom. The highest BCUT2D eigenvalue weighted by molar-refractivity contribution is 5.97. The summed E-state index contributed by atoms with van der Waals surface area (Å²) in [5.41, 5.74) is -3.56. The zero-order valence-electron chi connectivity index (χ0n) is 21.8. The fourth-order valence-corrected chi connectivity index (χ4v) is 5.56. The number of ether oxygens (including phenoxy) is 3. The maximum Gasteiger partial charge on any atom is 0.407 e. The molecule has 0 bridgehead atoms. The molecule has 13 heteroatoms. The second-order valence-electron chi connectivity index (χ2n) is 11.3. The lowest BCUT2D eigenvalue weighted by Gasteiger charge is -2.30.